The Labute approximate surface area is 135 Å². The molecule has 1 N–H and O–H groups in total. The highest BCUT2D eigenvalue weighted by molar-refractivity contribution is 5.81. The fourth-order valence-electron chi connectivity index (χ4n) is 2.91. The van der Waals surface area contributed by atoms with Crippen LogP contribution in [0.15, 0.2) is 23.1 Å². The first-order valence-electron chi connectivity index (χ1n) is 7.67. The summed E-state index contributed by atoms with van der Waals surface area (Å²) < 4.78 is 43.5. The summed E-state index contributed by atoms with van der Waals surface area (Å²) in [6.07, 6.45) is 3.06. The average molecular weight is 335 g/mol. The summed E-state index contributed by atoms with van der Waals surface area (Å²) >= 11 is 0. The van der Waals surface area contributed by atoms with Crippen molar-refractivity contribution in [2.24, 2.45) is 0 Å². The molecular formula is C17H16F3N3O. The van der Waals surface area contributed by atoms with E-state index in [-0.39, 0.29) is 22.2 Å². The van der Waals surface area contributed by atoms with Crippen LogP contribution in [-0.4, -0.2) is 14.8 Å². The first-order chi connectivity index (χ1) is 11.5. The van der Waals surface area contributed by atoms with Crippen molar-refractivity contribution in [3.8, 4) is 11.3 Å². The van der Waals surface area contributed by atoms with Crippen molar-refractivity contribution in [3.63, 3.8) is 0 Å². The standard InChI is InChI=1S/C17H16F3N3O/c1-3-4-5-23-13-8-21-22-15(13)17(24)9(2)16(23)14-11(19)6-10(18)7-12(14)20/h6-8H,3-5H2,1-2H3,(H,21,22). The molecule has 0 aliphatic rings. The molecule has 0 spiro atoms. The van der Waals surface area contributed by atoms with E-state index in [1.54, 1.807) is 4.57 Å². The van der Waals surface area contributed by atoms with Crippen LogP contribution in [0.3, 0.4) is 0 Å². The van der Waals surface area contributed by atoms with Gasteiger partial charge in [-0.3, -0.25) is 9.89 Å². The molecule has 126 valence electrons. The summed E-state index contributed by atoms with van der Waals surface area (Å²) in [5.41, 5.74) is 0.288. The van der Waals surface area contributed by atoms with Crippen molar-refractivity contribution in [1.82, 2.24) is 14.8 Å². The van der Waals surface area contributed by atoms with E-state index in [1.165, 1.54) is 13.1 Å². The van der Waals surface area contributed by atoms with Gasteiger partial charge in [-0.05, 0) is 13.3 Å². The van der Waals surface area contributed by atoms with Gasteiger partial charge in [0.1, 0.15) is 23.0 Å². The van der Waals surface area contributed by atoms with E-state index in [2.05, 4.69) is 10.2 Å². The van der Waals surface area contributed by atoms with Crippen LogP contribution in [0.5, 0.6) is 0 Å². The second-order valence-corrected chi connectivity index (χ2v) is 5.68. The Morgan fingerprint density at radius 1 is 1.21 bits per heavy atom. The number of nitrogens with one attached hydrogen (secondary N) is 1. The summed E-state index contributed by atoms with van der Waals surface area (Å²) in [5.74, 6) is -3.08. The van der Waals surface area contributed by atoms with Gasteiger partial charge in [0.2, 0.25) is 5.43 Å². The van der Waals surface area contributed by atoms with Crippen molar-refractivity contribution < 1.29 is 13.2 Å². The zero-order valence-electron chi connectivity index (χ0n) is 13.3. The number of fused-ring (bicyclic) bond motifs is 1. The van der Waals surface area contributed by atoms with E-state index in [4.69, 9.17) is 0 Å². The number of rotatable bonds is 4. The minimum atomic E-state index is -1.04. The SMILES string of the molecule is CCCCn1c(-c2c(F)cc(F)cc2F)c(C)c(=O)c2[nH]ncc21. The molecule has 0 aliphatic heterocycles. The Balaban J connectivity index is 2.43. The first kappa shape index (κ1) is 16.3. The molecular weight excluding hydrogens is 319 g/mol. The van der Waals surface area contributed by atoms with Crippen LogP contribution in [0.4, 0.5) is 13.2 Å². The lowest BCUT2D eigenvalue weighted by molar-refractivity contribution is 0.544. The van der Waals surface area contributed by atoms with Crippen LogP contribution in [-0.2, 0) is 6.54 Å². The van der Waals surface area contributed by atoms with Crippen molar-refractivity contribution in [2.75, 3.05) is 0 Å². The molecule has 0 aliphatic carbocycles. The largest absolute Gasteiger partial charge is 0.337 e. The van der Waals surface area contributed by atoms with E-state index in [0.717, 1.165) is 12.8 Å². The van der Waals surface area contributed by atoms with Gasteiger partial charge >= 0.3 is 0 Å². The highest BCUT2D eigenvalue weighted by Gasteiger charge is 2.22. The Hall–Kier alpha value is -2.57. The second kappa shape index (κ2) is 6.14. The molecule has 0 unspecified atom stereocenters. The molecule has 1 aromatic carbocycles. The molecule has 2 heterocycles. The van der Waals surface area contributed by atoms with Crippen molar-refractivity contribution >= 4 is 11.0 Å². The normalized spacial score (nSPS) is 11.4. The summed E-state index contributed by atoms with van der Waals surface area (Å²) in [6.45, 7) is 3.95. The van der Waals surface area contributed by atoms with Crippen LogP contribution >= 0.6 is 0 Å². The van der Waals surface area contributed by atoms with Crippen molar-refractivity contribution in [3.05, 3.63) is 51.6 Å². The van der Waals surface area contributed by atoms with Gasteiger partial charge in [0.05, 0.1) is 23.0 Å². The number of aromatic amines is 1. The fraction of sp³-hybridized carbons (Fsp3) is 0.294. The molecule has 0 amide bonds. The lowest BCUT2D eigenvalue weighted by Crippen LogP contribution is -2.17. The highest BCUT2D eigenvalue weighted by Crippen LogP contribution is 2.31. The number of H-pyrrole nitrogens is 1. The van der Waals surface area contributed by atoms with Gasteiger partial charge in [0, 0.05) is 24.2 Å². The van der Waals surface area contributed by atoms with Crippen LogP contribution < -0.4 is 5.43 Å². The molecule has 0 atom stereocenters. The summed E-state index contributed by atoms with van der Waals surface area (Å²) in [5, 5.41) is 6.50. The van der Waals surface area contributed by atoms with Crippen LogP contribution in [0.1, 0.15) is 25.3 Å². The zero-order valence-corrected chi connectivity index (χ0v) is 13.3. The molecule has 3 rings (SSSR count). The maximum atomic E-state index is 14.3. The Morgan fingerprint density at radius 3 is 2.50 bits per heavy atom. The molecule has 0 fully saturated rings. The van der Waals surface area contributed by atoms with Gasteiger partial charge in [0.25, 0.3) is 0 Å². The fourth-order valence-corrected chi connectivity index (χ4v) is 2.91. The van der Waals surface area contributed by atoms with Gasteiger partial charge < -0.3 is 4.57 Å². The molecule has 4 nitrogen and oxygen atoms in total. The maximum Gasteiger partial charge on any atom is 0.210 e. The Kier molecular flexibility index (Phi) is 4.17. The first-order valence-corrected chi connectivity index (χ1v) is 7.67. The minimum Gasteiger partial charge on any atom is -0.337 e. The molecule has 3 aromatic rings. The molecule has 0 saturated carbocycles. The number of halogens is 3. The lowest BCUT2D eigenvalue weighted by Gasteiger charge is -2.18. The third-order valence-corrected chi connectivity index (χ3v) is 4.08. The summed E-state index contributed by atoms with van der Waals surface area (Å²) in [7, 11) is 0. The molecule has 24 heavy (non-hydrogen) atoms. The van der Waals surface area contributed by atoms with E-state index in [1.807, 2.05) is 6.92 Å². The number of nitrogens with zero attached hydrogens (tertiary/aromatic N) is 2. The second-order valence-electron chi connectivity index (χ2n) is 5.68. The number of hydrogen-bond donors (Lipinski definition) is 1. The predicted molar refractivity (Wildman–Crippen MR) is 85.3 cm³/mol. The number of aryl methyl sites for hydroxylation is 1. The van der Waals surface area contributed by atoms with E-state index in [9.17, 15) is 18.0 Å². The number of benzene rings is 1. The van der Waals surface area contributed by atoms with Crippen molar-refractivity contribution in [1.29, 1.82) is 0 Å². The van der Waals surface area contributed by atoms with Crippen LogP contribution in [0, 0.1) is 24.4 Å². The van der Waals surface area contributed by atoms with E-state index < -0.39 is 23.0 Å². The topological polar surface area (TPSA) is 50.7 Å². The van der Waals surface area contributed by atoms with Gasteiger partial charge in [-0.2, -0.15) is 5.10 Å². The maximum absolute atomic E-state index is 14.3. The third-order valence-electron chi connectivity index (χ3n) is 4.08. The number of aromatic nitrogens is 3. The number of pyridine rings is 1. The molecule has 7 heteroatoms. The van der Waals surface area contributed by atoms with Gasteiger partial charge in [-0.15, -0.1) is 0 Å². The Morgan fingerprint density at radius 2 is 1.88 bits per heavy atom. The van der Waals surface area contributed by atoms with Crippen LogP contribution in [0.25, 0.3) is 22.3 Å². The molecule has 2 aromatic heterocycles. The quantitative estimate of drug-likeness (QED) is 0.786. The molecule has 0 bridgehead atoms. The van der Waals surface area contributed by atoms with E-state index >= 15 is 0 Å². The summed E-state index contributed by atoms with van der Waals surface area (Å²) in [6, 6.07) is 1.23. The number of hydrogen-bond acceptors (Lipinski definition) is 2. The van der Waals surface area contributed by atoms with Gasteiger partial charge in [0.15, 0.2) is 0 Å². The zero-order chi connectivity index (χ0) is 17.4. The highest BCUT2D eigenvalue weighted by atomic mass is 19.1. The minimum absolute atomic E-state index is 0.123. The lowest BCUT2D eigenvalue weighted by atomic mass is 10.0. The molecule has 0 radical (unpaired) electrons. The monoisotopic (exact) mass is 335 g/mol. The molecule has 0 saturated heterocycles. The average Bonchev–Trinajstić information content (AvgIpc) is 3.00. The third kappa shape index (κ3) is 2.50. The van der Waals surface area contributed by atoms with Crippen molar-refractivity contribution in [2.45, 2.75) is 33.2 Å². The van der Waals surface area contributed by atoms with Crippen LogP contribution in [0.2, 0.25) is 0 Å². The predicted octanol–water partition coefficient (Wildman–Crippen LogP) is 3.92. The Bertz CT molecular complexity index is 952. The van der Waals surface area contributed by atoms with E-state index in [0.29, 0.717) is 24.2 Å². The van der Waals surface area contributed by atoms with Gasteiger partial charge in [-0.25, -0.2) is 13.2 Å². The number of unbranched alkanes of at least 4 members (excludes halogenated alkanes) is 1. The summed E-state index contributed by atoms with van der Waals surface area (Å²) in [4.78, 5) is 12.5. The smallest absolute Gasteiger partial charge is 0.210 e. The van der Waals surface area contributed by atoms with Gasteiger partial charge in [-0.1, -0.05) is 13.3 Å².